The Kier molecular flexibility index (Phi) is 7.00. The number of hydrogen-bond acceptors (Lipinski definition) is 6. The van der Waals surface area contributed by atoms with E-state index in [2.05, 4.69) is 11.9 Å². The van der Waals surface area contributed by atoms with Crippen molar-refractivity contribution in [2.75, 3.05) is 40.5 Å². The summed E-state index contributed by atoms with van der Waals surface area (Å²) in [7, 11) is 2.93. The number of methoxy groups -OCH3 is 2. The second-order valence-electron chi connectivity index (χ2n) is 5.62. The van der Waals surface area contributed by atoms with Gasteiger partial charge in [0, 0.05) is 25.8 Å². The quantitative estimate of drug-likeness (QED) is 0.660. The summed E-state index contributed by atoms with van der Waals surface area (Å²) in [5, 5.41) is 2.87. The highest BCUT2D eigenvalue weighted by Gasteiger charge is 2.33. The minimum absolute atomic E-state index is 0.0260. The van der Waals surface area contributed by atoms with Crippen molar-refractivity contribution >= 4 is 11.8 Å². The number of rotatable bonds is 8. The van der Waals surface area contributed by atoms with Gasteiger partial charge in [-0.3, -0.25) is 9.59 Å². The summed E-state index contributed by atoms with van der Waals surface area (Å²) in [6.07, 6.45) is 2.63. The van der Waals surface area contributed by atoms with E-state index in [0.717, 1.165) is 19.3 Å². The number of carbonyl (C=O) groups is 2. The second-order valence-corrected chi connectivity index (χ2v) is 5.62. The number of pyridine rings is 1. The van der Waals surface area contributed by atoms with E-state index < -0.39 is 0 Å². The van der Waals surface area contributed by atoms with Crippen LogP contribution in [0.5, 0.6) is 11.8 Å². The van der Waals surface area contributed by atoms with Crippen molar-refractivity contribution in [2.45, 2.75) is 26.2 Å². The van der Waals surface area contributed by atoms with E-state index in [1.807, 2.05) is 0 Å². The normalized spacial score (nSPS) is 13.9. The summed E-state index contributed by atoms with van der Waals surface area (Å²) in [6.45, 7) is 3.53. The lowest BCUT2D eigenvalue weighted by Gasteiger charge is -2.28. The van der Waals surface area contributed by atoms with Crippen LogP contribution in [0.25, 0.3) is 0 Å². The molecule has 0 radical (unpaired) electrons. The zero-order valence-electron chi connectivity index (χ0n) is 15.0. The Morgan fingerprint density at radius 2 is 1.92 bits per heavy atom. The van der Waals surface area contributed by atoms with Gasteiger partial charge in [-0.05, 0) is 18.9 Å². The van der Waals surface area contributed by atoms with Gasteiger partial charge in [0.1, 0.15) is 12.2 Å². The molecule has 0 aromatic carbocycles. The Hall–Kier alpha value is -2.35. The van der Waals surface area contributed by atoms with Crippen LogP contribution in [0.4, 0.5) is 0 Å². The van der Waals surface area contributed by atoms with E-state index >= 15 is 0 Å². The number of ether oxygens (including phenoxy) is 3. The molecule has 138 valence electrons. The van der Waals surface area contributed by atoms with Gasteiger partial charge in [-0.1, -0.05) is 13.3 Å². The van der Waals surface area contributed by atoms with Crippen LogP contribution < -0.4 is 9.47 Å². The van der Waals surface area contributed by atoms with Crippen LogP contribution in [0.1, 0.15) is 36.5 Å². The Bertz CT molecular complexity index is 608. The summed E-state index contributed by atoms with van der Waals surface area (Å²) in [5.41, 5.74) is 0.287. The smallest absolute Gasteiger partial charge is 0.277 e. The molecule has 0 bridgehead atoms. The topological polar surface area (TPSA) is 81.2 Å². The zero-order chi connectivity index (χ0) is 18.2. The van der Waals surface area contributed by atoms with Gasteiger partial charge >= 0.3 is 0 Å². The first kappa shape index (κ1) is 19.0. The molecule has 1 fully saturated rings. The fourth-order valence-corrected chi connectivity index (χ4v) is 2.56. The molecule has 25 heavy (non-hydrogen) atoms. The highest BCUT2D eigenvalue weighted by molar-refractivity contribution is 5.97. The van der Waals surface area contributed by atoms with Crippen molar-refractivity contribution in [1.29, 1.82) is 0 Å². The SMILES string of the molecule is CCCCOCC(=O)N1CCCN1C(=O)c1ccc(OC)nc1OC. The predicted octanol–water partition coefficient (Wildman–Crippen LogP) is 1.51. The number of carbonyl (C=O) groups excluding carboxylic acids is 2. The standard InChI is InChI=1S/C17H25N3O5/c1-4-5-11-25-12-15(21)19-9-6-10-20(19)17(22)13-7-8-14(23-2)18-16(13)24-3/h7-8H,4-6,9-12H2,1-3H3. The number of hydrazine groups is 1. The molecule has 1 aromatic heterocycles. The summed E-state index contributed by atoms with van der Waals surface area (Å²) >= 11 is 0. The van der Waals surface area contributed by atoms with Crippen LogP contribution in [-0.4, -0.2) is 67.3 Å². The third-order valence-corrected chi connectivity index (χ3v) is 3.89. The number of unbranched alkanes of at least 4 members (excludes halogenated alkanes) is 1. The minimum atomic E-state index is -0.327. The van der Waals surface area contributed by atoms with Gasteiger partial charge in [0.05, 0.1) is 14.2 Å². The molecular weight excluding hydrogens is 326 g/mol. The van der Waals surface area contributed by atoms with Crippen molar-refractivity contribution in [1.82, 2.24) is 15.0 Å². The third-order valence-electron chi connectivity index (χ3n) is 3.89. The van der Waals surface area contributed by atoms with Crippen molar-refractivity contribution in [3.63, 3.8) is 0 Å². The van der Waals surface area contributed by atoms with E-state index in [-0.39, 0.29) is 29.9 Å². The molecule has 1 aromatic rings. The molecule has 0 aliphatic carbocycles. The number of amides is 2. The van der Waals surface area contributed by atoms with Crippen LogP contribution in [0.2, 0.25) is 0 Å². The van der Waals surface area contributed by atoms with Gasteiger partial charge in [-0.2, -0.15) is 4.98 Å². The number of nitrogens with zero attached hydrogens (tertiary/aromatic N) is 3. The molecule has 2 heterocycles. The molecular formula is C17H25N3O5. The average Bonchev–Trinajstić information content (AvgIpc) is 3.13. The molecule has 2 amide bonds. The highest BCUT2D eigenvalue weighted by Crippen LogP contribution is 2.24. The molecule has 1 aliphatic rings. The summed E-state index contributed by atoms with van der Waals surface area (Å²) in [5.74, 6) is -0.0243. The van der Waals surface area contributed by atoms with Crippen LogP contribution in [0.15, 0.2) is 12.1 Å². The fraction of sp³-hybridized carbons (Fsp3) is 0.588. The predicted molar refractivity (Wildman–Crippen MR) is 90.4 cm³/mol. The molecule has 0 saturated carbocycles. The van der Waals surface area contributed by atoms with Crippen molar-refractivity contribution in [3.05, 3.63) is 17.7 Å². The van der Waals surface area contributed by atoms with Crippen LogP contribution >= 0.6 is 0 Å². The molecule has 0 spiro atoms. The second kappa shape index (κ2) is 9.22. The first-order chi connectivity index (χ1) is 12.1. The molecule has 8 nitrogen and oxygen atoms in total. The van der Waals surface area contributed by atoms with Crippen molar-refractivity contribution < 1.29 is 23.8 Å². The fourth-order valence-electron chi connectivity index (χ4n) is 2.56. The average molecular weight is 351 g/mol. The molecule has 8 heteroatoms. The third kappa shape index (κ3) is 4.60. The maximum Gasteiger partial charge on any atom is 0.277 e. The Labute approximate surface area is 147 Å². The lowest BCUT2D eigenvalue weighted by Crippen LogP contribution is -2.46. The number of hydrogen-bond donors (Lipinski definition) is 0. The zero-order valence-corrected chi connectivity index (χ0v) is 15.0. The summed E-state index contributed by atoms with van der Waals surface area (Å²) < 4.78 is 15.6. The molecule has 0 N–H and O–H groups in total. The lowest BCUT2D eigenvalue weighted by atomic mass is 10.2. The largest absolute Gasteiger partial charge is 0.481 e. The van der Waals surface area contributed by atoms with Crippen molar-refractivity contribution in [3.8, 4) is 11.8 Å². The molecule has 0 atom stereocenters. The van der Waals surface area contributed by atoms with E-state index in [0.29, 0.717) is 25.6 Å². The van der Waals surface area contributed by atoms with Gasteiger partial charge in [0.25, 0.3) is 11.8 Å². The molecule has 1 saturated heterocycles. The molecule has 1 aliphatic heterocycles. The van der Waals surface area contributed by atoms with E-state index in [9.17, 15) is 9.59 Å². The monoisotopic (exact) mass is 351 g/mol. The van der Waals surface area contributed by atoms with Gasteiger partial charge in [0.2, 0.25) is 11.8 Å². The van der Waals surface area contributed by atoms with E-state index in [4.69, 9.17) is 14.2 Å². The van der Waals surface area contributed by atoms with Crippen LogP contribution in [0.3, 0.4) is 0 Å². The Balaban J connectivity index is 2.08. The van der Waals surface area contributed by atoms with Crippen LogP contribution in [0, 0.1) is 0 Å². The molecule has 0 unspecified atom stereocenters. The summed E-state index contributed by atoms with van der Waals surface area (Å²) in [6, 6.07) is 3.18. The van der Waals surface area contributed by atoms with Crippen molar-refractivity contribution in [2.24, 2.45) is 0 Å². The lowest BCUT2D eigenvalue weighted by molar-refractivity contribution is -0.145. The first-order valence-corrected chi connectivity index (χ1v) is 8.41. The Morgan fingerprint density at radius 1 is 1.16 bits per heavy atom. The molecule has 2 rings (SSSR count). The van der Waals surface area contributed by atoms with Gasteiger partial charge in [-0.25, -0.2) is 10.0 Å². The van der Waals surface area contributed by atoms with E-state index in [1.54, 1.807) is 12.1 Å². The Morgan fingerprint density at radius 3 is 2.60 bits per heavy atom. The van der Waals surface area contributed by atoms with Gasteiger partial charge in [-0.15, -0.1) is 0 Å². The highest BCUT2D eigenvalue weighted by atomic mass is 16.5. The maximum absolute atomic E-state index is 12.8. The first-order valence-electron chi connectivity index (χ1n) is 8.41. The summed E-state index contributed by atoms with van der Waals surface area (Å²) in [4.78, 5) is 29.3. The maximum atomic E-state index is 12.8. The van der Waals surface area contributed by atoms with E-state index in [1.165, 1.54) is 24.2 Å². The minimum Gasteiger partial charge on any atom is -0.481 e. The van der Waals surface area contributed by atoms with Gasteiger partial charge < -0.3 is 14.2 Å². The van der Waals surface area contributed by atoms with Gasteiger partial charge in [0.15, 0.2) is 0 Å². The van der Waals surface area contributed by atoms with Crippen LogP contribution in [-0.2, 0) is 9.53 Å². The number of aromatic nitrogens is 1.